The van der Waals surface area contributed by atoms with Gasteiger partial charge in [0, 0.05) is 0 Å². The highest BCUT2D eigenvalue weighted by atomic mass is 32.2. The Morgan fingerprint density at radius 3 is 1.50 bits per heavy atom. The summed E-state index contributed by atoms with van der Waals surface area (Å²) in [6.45, 7) is 0. The van der Waals surface area contributed by atoms with Gasteiger partial charge < -0.3 is 0 Å². The van der Waals surface area contributed by atoms with Crippen LogP contribution in [0.4, 0.5) is 0 Å². The zero-order valence-corrected chi connectivity index (χ0v) is 11.7. The lowest BCUT2D eigenvalue weighted by atomic mass is 10.1. The molecule has 2 aromatic carbocycles. The maximum Gasteiger partial charge on any atom is 0.294 e. The third kappa shape index (κ3) is 1.92. The molecule has 0 fully saturated rings. The molecule has 1 aliphatic rings. The Morgan fingerprint density at radius 2 is 1.15 bits per heavy atom. The normalized spacial score (nSPS) is 14.9. The summed E-state index contributed by atoms with van der Waals surface area (Å²) >= 11 is 0. The Balaban J connectivity index is 2.49. The molecule has 20 heavy (non-hydrogen) atoms. The van der Waals surface area contributed by atoms with Crippen molar-refractivity contribution < 1.29 is 25.9 Å². The van der Waals surface area contributed by atoms with Crippen molar-refractivity contribution in [3.05, 3.63) is 35.4 Å². The van der Waals surface area contributed by atoms with Crippen LogP contribution in [0.1, 0.15) is 11.1 Å². The van der Waals surface area contributed by atoms with Crippen molar-refractivity contribution in [1.82, 2.24) is 0 Å². The fraction of sp³-hybridized carbons (Fsp3) is 0.167. The third-order valence-electron chi connectivity index (χ3n) is 3.50. The monoisotopic (exact) mass is 314 g/mol. The molecule has 0 amide bonds. The molecule has 0 saturated heterocycles. The fourth-order valence-corrected chi connectivity index (χ4v) is 4.27. The maximum atomic E-state index is 11.3. The van der Waals surface area contributed by atoms with Crippen molar-refractivity contribution in [1.29, 1.82) is 0 Å². The van der Waals surface area contributed by atoms with Crippen molar-refractivity contribution in [3.8, 4) is 0 Å². The Bertz CT molecular complexity index is 867. The summed E-state index contributed by atoms with van der Waals surface area (Å²) in [6.07, 6.45) is 0.600. The SMILES string of the molecule is O=S(=O)(O)c1ccc2ccc(S(=O)(=O)O)c3c2c1CC3. The molecule has 1 aliphatic carbocycles. The Hall–Kier alpha value is -1.48. The van der Waals surface area contributed by atoms with Gasteiger partial charge >= 0.3 is 0 Å². The van der Waals surface area contributed by atoms with Crippen LogP contribution in [0.25, 0.3) is 10.8 Å². The molecule has 0 saturated carbocycles. The van der Waals surface area contributed by atoms with E-state index in [9.17, 15) is 25.9 Å². The fourth-order valence-electron chi connectivity index (χ4n) is 2.76. The molecule has 0 aliphatic heterocycles. The largest absolute Gasteiger partial charge is 0.294 e. The topological polar surface area (TPSA) is 109 Å². The van der Waals surface area contributed by atoms with E-state index in [1.165, 1.54) is 24.3 Å². The van der Waals surface area contributed by atoms with Crippen molar-refractivity contribution in [2.45, 2.75) is 22.6 Å². The van der Waals surface area contributed by atoms with Crippen LogP contribution in [0.15, 0.2) is 34.1 Å². The van der Waals surface area contributed by atoms with Crippen molar-refractivity contribution in [2.75, 3.05) is 0 Å². The van der Waals surface area contributed by atoms with Crippen LogP contribution >= 0.6 is 0 Å². The Morgan fingerprint density at radius 1 is 0.750 bits per heavy atom. The van der Waals surface area contributed by atoms with E-state index in [-0.39, 0.29) is 9.79 Å². The van der Waals surface area contributed by atoms with Crippen LogP contribution < -0.4 is 0 Å². The second-order valence-electron chi connectivity index (χ2n) is 4.63. The molecule has 0 heterocycles. The number of aryl methyl sites for hydroxylation is 2. The van der Waals surface area contributed by atoms with Crippen LogP contribution in [0.3, 0.4) is 0 Å². The Kier molecular flexibility index (Phi) is 2.71. The van der Waals surface area contributed by atoms with E-state index >= 15 is 0 Å². The van der Waals surface area contributed by atoms with Crippen molar-refractivity contribution in [2.24, 2.45) is 0 Å². The number of hydrogen-bond acceptors (Lipinski definition) is 4. The summed E-state index contributed by atoms with van der Waals surface area (Å²) in [6, 6.07) is 5.61. The van der Waals surface area contributed by atoms with Gasteiger partial charge in [0.1, 0.15) is 0 Å². The first kappa shape index (κ1) is 13.5. The summed E-state index contributed by atoms with van der Waals surface area (Å²) in [5.41, 5.74) is 0.788. The van der Waals surface area contributed by atoms with E-state index in [0.717, 1.165) is 0 Å². The van der Waals surface area contributed by atoms with Crippen LogP contribution in [0, 0.1) is 0 Å². The lowest BCUT2D eigenvalue weighted by molar-refractivity contribution is 0.480. The maximum absolute atomic E-state index is 11.3. The molecule has 3 rings (SSSR count). The van der Waals surface area contributed by atoms with Gasteiger partial charge in [-0.3, -0.25) is 9.11 Å². The average molecular weight is 314 g/mol. The molecule has 0 spiro atoms. The van der Waals surface area contributed by atoms with E-state index in [1.54, 1.807) is 0 Å². The van der Waals surface area contributed by atoms with Gasteiger partial charge in [0.15, 0.2) is 0 Å². The van der Waals surface area contributed by atoms with Crippen LogP contribution in [-0.4, -0.2) is 25.9 Å². The van der Waals surface area contributed by atoms with Gasteiger partial charge in [-0.15, -0.1) is 0 Å². The molecule has 0 atom stereocenters. The minimum absolute atomic E-state index is 0.212. The molecular weight excluding hydrogens is 304 g/mol. The van der Waals surface area contributed by atoms with Gasteiger partial charge in [0.2, 0.25) is 0 Å². The lowest BCUT2D eigenvalue weighted by Gasteiger charge is -2.08. The zero-order chi connectivity index (χ0) is 14.7. The first-order valence-electron chi connectivity index (χ1n) is 5.72. The van der Waals surface area contributed by atoms with Gasteiger partial charge in [-0.25, -0.2) is 0 Å². The van der Waals surface area contributed by atoms with E-state index in [2.05, 4.69) is 0 Å². The molecular formula is C12H10O6S2. The van der Waals surface area contributed by atoms with E-state index < -0.39 is 20.2 Å². The molecule has 106 valence electrons. The summed E-state index contributed by atoms with van der Waals surface area (Å²) in [5.74, 6) is 0. The quantitative estimate of drug-likeness (QED) is 0.812. The molecule has 6 nitrogen and oxygen atoms in total. The highest BCUT2D eigenvalue weighted by Crippen LogP contribution is 2.38. The highest BCUT2D eigenvalue weighted by Gasteiger charge is 2.28. The molecule has 0 aromatic heterocycles. The molecule has 0 unspecified atom stereocenters. The predicted octanol–water partition coefficient (Wildman–Crippen LogP) is 1.43. The van der Waals surface area contributed by atoms with E-state index in [1.807, 2.05) is 0 Å². The van der Waals surface area contributed by atoms with Crippen molar-refractivity contribution in [3.63, 3.8) is 0 Å². The van der Waals surface area contributed by atoms with Gasteiger partial charge in [-0.1, -0.05) is 12.1 Å². The molecule has 0 bridgehead atoms. The minimum atomic E-state index is -4.36. The van der Waals surface area contributed by atoms with Gasteiger partial charge in [0.05, 0.1) is 9.79 Å². The molecule has 2 aromatic rings. The average Bonchev–Trinajstić information content (AvgIpc) is 2.73. The highest BCUT2D eigenvalue weighted by molar-refractivity contribution is 7.86. The molecule has 8 heteroatoms. The predicted molar refractivity (Wildman–Crippen MR) is 71.0 cm³/mol. The standard InChI is InChI=1S/C12H10O6S2/c13-19(14,15)10-5-1-7-2-6-11(20(16,17)18)9-4-3-8(10)12(7)9/h1-2,5-6H,3-4H2,(H,13,14,15)(H,16,17,18). The Labute approximate surface area is 115 Å². The second-order valence-corrected chi connectivity index (χ2v) is 7.41. The number of hydrogen-bond donors (Lipinski definition) is 2. The summed E-state index contributed by atoms with van der Waals surface area (Å²) < 4.78 is 63.8. The summed E-state index contributed by atoms with van der Waals surface area (Å²) in [7, 11) is -8.73. The number of benzene rings is 2. The zero-order valence-electron chi connectivity index (χ0n) is 10.1. The first-order valence-corrected chi connectivity index (χ1v) is 8.60. The minimum Gasteiger partial charge on any atom is -0.282 e. The van der Waals surface area contributed by atoms with E-state index in [0.29, 0.717) is 34.7 Å². The first-order chi connectivity index (χ1) is 9.19. The van der Waals surface area contributed by atoms with Gasteiger partial charge in [-0.05, 0) is 46.9 Å². The molecule has 0 radical (unpaired) electrons. The van der Waals surface area contributed by atoms with Crippen LogP contribution in [0.5, 0.6) is 0 Å². The smallest absolute Gasteiger partial charge is 0.282 e. The second kappa shape index (κ2) is 4.01. The number of rotatable bonds is 2. The van der Waals surface area contributed by atoms with E-state index in [4.69, 9.17) is 0 Å². The third-order valence-corrected chi connectivity index (χ3v) is 5.37. The summed E-state index contributed by atoms with van der Waals surface area (Å²) in [5, 5.41) is 1.16. The van der Waals surface area contributed by atoms with Gasteiger partial charge in [-0.2, -0.15) is 16.8 Å². The van der Waals surface area contributed by atoms with Gasteiger partial charge in [0.25, 0.3) is 20.2 Å². The molecule has 2 N–H and O–H groups in total. The lowest BCUT2D eigenvalue weighted by Crippen LogP contribution is -2.03. The van der Waals surface area contributed by atoms with Crippen molar-refractivity contribution >= 4 is 31.0 Å². The van der Waals surface area contributed by atoms with Crippen LogP contribution in [0.2, 0.25) is 0 Å². The van der Waals surface area contributed by atoms with Crippen LogP contribution in [-0.2, 0) is 33.1 Å². The summed E-state index contributed by atoms with van der Waals surface area (Å²) in [4.78, 5) is -0.424.